The zero-order valence-corrected chi connectivity index (χ0v) is 8.68. The lowest BCUT2D eigenvalue weighted by molar-refractivity contribution is 0.628. The normalized spacial score (nSPS) is 23.4. The van der Waals surface area contributed by atoms with E-state index in [4.69, 9.17) is 5.73 Å². The fraction of sp³-hybridized carbons (Fsp3) is 0.250. The first-order valence-electron chi connectivity index (χ1n) is 5.29. The number of nitrogens with zero attached hydrogens (tertiary/aromatic N) is 2. The minimum Gasteiger partial charge on any atom is -0.326 e. The molecule has 2 aromatic rings. The highest BCUT2D eigenvalue weighted by atomic mass is 19.1. The third-order valence-corrected chi connectivity index (χ3v) is 2.97. The minimum atomic E-state index is -0.224. The molecule has 0 aliphatic heterocycles. The van der Waals surface area contributed by atoms with Crippen molar-refractivity contribution < 1.29 is 4.39 Å². The molecule has 3 nitrogen and oxygen atoms in total. The van der Waals surface area contributed by atoms with E-state index < -0.39 is 0 Å². The van der Waals surface area contributed by atoms with Crippen LogP contribution in [0.4, 0.5) is 4.39 Å². The predicted octanol–water partition coefficient (Wildman–Crippen LogP) is 1.96. The van der Waals surface area contributed by atoms with Crippen LogP contribution in [-0.4, -0.2) is 15.6 Å². The van der Waals surface area contributed by atoms with Crippen LogP contribution in [0.2, 0.25) is 0 Å². The number of rotatable bonds is 2. The van der Waals surface area contributed by atoms with Crippen molar-refractivity contribution >= 4 is 0 Å². The van der Waals surface area contributed by atoms with Gasteiger partial charge in [0.1, 0.15) is 5.82 Å². The molecule has 0 amide bonds. The molecule has 1 aromatic carbocycles. The van der Waals surface area contributed by atoms with Crippen molar-refractivity contribution in [2.75, 3.05) is 0 Å². The van der Waals surface area contributed by atoms with E-state index in [1.807, 2.05) is 0 Å². The minimum absolute atomic E-state index is 0.224. The number of aromatic nitrogens is 2. The van der Waals surface area contributed by atoms with Crippen molar-refractivity contribution in [2.24, 2.45) is 5.73 Å². The number of hydrogen-bond donors (Lipinski definition) is 1. The monoisotopic (exact) mass is 217 g/mol. The average Bonchev–Trinajstić information content (AvgIpc) is 2.82. The first-order valence-corrected chi connectivity index (χ1v) is 5.29. The second-order valence-corrected chi connectivity index (χ2v) is 4.16. The van der Waals surface area contributed by atoms with Gasteiger partial charge >= 0.3 is 0 Å². The molecule has 1 aromatic heterocycles. The van der Waals surface area contributed by atoms with Gasteiger partial charge in [-0.15, -0.1) is 0 Å². The van der Waals surface area contributed by atoms with Gasteiger partial charge in [-0.05, 0) is 36.2 Å². The molecule has 1 fully saturated rings. The van der Waals surface area contributed by atoms with Gasteiger partial charge in [-0.25, -0.2) is 9.37 Å². The molecule has 1 heterocycles. The number of benzene rings is 1. The van der Waals surface area contributed by atoms with Crippen molar-refractivity contribution in [3.8, 4) is 11.3 Å². The van der Waals surface area contributed by atoms with Crippen LogP contribution in [0, 0.1) is 5.82 Å². The summed E-state index contributed by atoms with van der Waals surface area (Å²) in [6.07, 6.45) is 4.57. The molecule has 82 valence electrons. The number of halogens is 1. The van der Waals surface area contributed by atoms with Gasteiger partial charge < -0.3 is 10.3 Å². The van der Waals surface area contributed by atoms with Crippen LogP contribution in [-0.2, 0) is 0 Å². The Morgan fingerprint density at radius 2 is 2.00 bits per heavy atom. The topological polar surface area (TPSA) is 43.8 Å². The highest BCUT2D eigenvalue weighted by Crippen LogP contribution is 2.37. The SMILES string of the molecule is NC1CC1n1cncc1-c1ccc(F)cc1. The molecule has 1 aliphatic carbocycles. The van der Waals surface area contributed by atoms with Crippen molar-refractivity contribution in [3.63, 3.8) is 0 Å². The Morgan fingerprint density at radius 1 is 1.31 bits per heavy atom. The second-order valence-electron chi connectivity index (χ2n) is 4.16. The molecule has 16 heavy (non-hydrogen) atoms. The molecular formula is C12H12FN3. The summed E-state index contributed by atoms with van der Waals surface area (Å²) in [4.78, 5) is 4.13. The average molecular weight is 217 g/mol. The van der Waals surface area contributed by atoms with Gasteiger partial charge in [0.2, 0.25) is 0 Å². The quantitative estimate of drug-likeness (QED) is 0.835. The molecule has 0 saturated heterocycles. The summed E-state index contributed by atoms with van der Waals surface area (Å²) in [5.74, 6) is -0.224. The zero-order chi connectivity index (χ0) is 11.1. The van der Waals surface area contributed by atoms with Crippen LogP contribution >= 0.6 is 0 Å². The van der Waals surface area contributed by atoms with Gasteiger partial charge in [-0.1, -0.05) is 0 Å². The lowest BCUT2D eigenvalue weighted by Gasteiger charge is -2.06. The van der Waals surface area contributed by atoms with Crippen LogP contribution in [0.25, 0.3) is 11.3 Å². The molecule has 1 saturated carbocycles. The highest BCUT2D eigenvalue weighted by molar-refractivity contribution is 5.59. The van der Waals surface area contributed by atoms with E-state index in [0.717, 1.165) is 17.7 Å². The van der Waals surface area contributed by atoms with E-state index in [-0.39, 0.29) is 11.9 Å². The first kappa shape index (κ1) is 9.54. The predicted molar refractivity (Wildman–Crippen MR) is 59.3 cm³/mol. The van der Waals surface area contributed by atoms with E-state index in [1.54, 1.807) is 24.7 Å². The summed E-state index contributed by atoms with van der Waals surface area (Å²) >= 11 is 0. The smallest absolute Gasteiger partial charge is 0.123 e. The number of hydrogen-bond acceptors (Lipinski definition) is 2. The van der Waals surface area contributed by atoms with Gasteiger partial charge in [0.25, 0.3) is 0 Å². The Balaban J connectivity index is 2.00. The van der Waals surface area contributed by atoms with E-state index >= 15 is 0 Å². The Hall–Kier alpha value is -1.68. The van der Waals surface area contributed by atoms with Gasteiger partial charge in [-0.2, -0.15) is 0 Å². The van der Waals surface area contributed by atoms with Crippen LogP contribution in [0.5, 0.6) is 0 Å². The lowest BCUT2D eigenvalue weighted by atomic mass is 10.1. The summed E-state index contributed by atoms with van der Waals surface area (Å²) in [5.41, 5.74) is 7.79. The Bertz CT molecular complexity index is 503. The molecule has 0 radical (unpaired) electrons. The van der Waals surface area contributed by atoms with E-state index in [0.29, 0.717) is 6.04 Å². The summed E-state index contributed by atoms with van der Waals surface area (Å²) < 4.78 is 14.9. The summed E-state index contributed by atoms with van der Waals surface area (Å²) in [7, 11) is 0. The third-order valence-electron chi connectivity index (χ3n) is 2.97. The van der Waals surface area contributed by atoms with Crippen LogP contribution < -0.4 is 5.73 Å². The third kappa shape index (κ3) is 1.51. The Kier molecular flexibility index (Phi) is 2.04. The maximum atomic E-state index is 12.8. The van der Waals surface area contributed by atoms with Gasteiger partial charge in [0, 0.05) is 6.04 Å². The number of nitrogens with two attached hydrogens (primary N) is 1. The largest absolute Gasteiger partial charge is 0.326 e. The fourth-order valence-electron chi connectivity index (χ4n) is 1.93. The number of imidazole rings is 1. The Morgan fingerprint density at radius 3 is 2.62 bits per heavy atom. The summed E-state index contributed by atoms with van der Waals surface area (Å²) in [6.45, 7) is 0. The van der Waals surface area contributed by atoms with Crippen molar-refractivity contribution in [2.45, 2.75) is 18.5 Å². The molecule has 0 spiro atoms. The maximum absolute atomic E-state index is 12.8. The van der Waals surface area contributed by atoms with E-state index in [2.05, 4.69) is 9.55 Å². The molecule has 2 unspecified atom stereocenters. The molecule has 4 heteroatoms. The zero-order valence-electron chi connectivity index (χ0n) is 8.68. The highest BCUT2D eigenvalue weighted by Gasteiger charge is 2.36. The van der Waals surface area contributed by atoms with Crippen molar-refractivity contribution in [1.29, 1.82) is 0 Å². The molecule has 1 aliphatic rings. The maximum Gasteiger partial charge on any atom is 0.123 e. The van der Waals surface area contributed by atoms with Crippen molar-refractivity contribution in [1.82, 2.24) is 9.55 Å². The molecular weight excluding hydrogens is 205 g/mol. The molecule has 2 atom stereocenters. The fourth-order valence-corrected chi connectivity index (χ4v) is 1.93. The van der Waals surface area contributed by atoms with Crippen LogP contribution in [0.1, 0.15) is 12.5 Å². The lowest BCUT2D eigenvalue weighted by Crippen LogP contribution is -2.06. The molecule has 0 bridgehead atoms. The van der Waals surface area contributed by atoms with Gasteiger partial charge in [0.15, 0.2) is 0 Å². The van der Waals surface area contributed by atoms with E-state index in [9.17, 15) is 4.39 Å². The second kappa shape index (κ2) is 3.42. The summed E-state index contributed by atoms with van der Waals surface area (Å²) in [5, 5.41) is 0. The standard InChI is InChI=1S/C12H12FN3/c13-9-3-1-8(2-4-9)12-6-15-7-16(12)11-5-10(11)14/h1-4,6-7,10-11H,5,14H2. The molecule has 2 N–H and O–H groups in total. The van der Waals surface area contributed by atoms with Crippen LogP contribution in [0.15, 0.2) is 36.8 Å². The summed E-state index contributed by atoms with van der Waals surface area (Å²) in [6, 6.07) is 7.02. The van der Waals surface area contributed by atoms with E-state index in [1.165, 1.54) is 12.1 Å². The van der Waals surface area contributed by atoms with Gasteiger partial charge in [0.05, 0.1) is 24.3 Å². The Labute approximate surface area is 92.7 Å². The van der Waals surface area contributed by atoms with Gasteiger partial charge in [-0.3, -0.25) is 0 Å². The first-order chi connectivity index (χ1) is 7.75. The molecule has 3 rings (SSSR count). The van der Waals surface area contributed by atoms with Crippen molar-refractivity contribution in [3.05, 3.63) is 42.6 Å². The van der Waals surface area contributed by atoms with Crippen LogP contribution in [0.3, 0.4) is 0 Å².